The Balaban J connectivity index is 2.02. The minimum Gasteiger partial charge on any atom is -0.338 e. The summed E-state index contributed by atoms with van der Waals surface area (Å²) in [6.07, 6.45) is -3.96. The molecule has 0 aliphatic heterocycles. The summed E-state index contributed by atoms with van der Waals surface area (Å²) < 4.78 is 45.9. The Labute approximate surface area is 144 Å². The number of benzene rings is 1. The van der Waals surface area contributed by atoms with Gasteiger partial charge in [-0.15, -0.1) is 0 Å². The molecule has 0 radical (unpaired) electrons. The molecule has 1 amide bonds. The number of aromatic nitrogens is 3. The molecule has 2 heterocycles. The molecule has 0 fully saturated rings. The Morgan fingerprint density at radius 2 is 1.96 bits per heavy atom. The number of hydrogen-bond donors (Lipinski definition) is 1. The van der Waals surface area contributed by atoms with Crippen molar-refractivity contribution >= 4 is 23.4 Å². The van der Waals surface area contributed by atoms with Crippen LogP contribution in [0.25, 0.3) is 5.69 Å². The number of nitrogens with zero attached hydrogens (tertiary/aromatic N) is 3. The first-order valence-corrected chi connectivity index (χ1v) is 7.29. The molecule has 0 saturated carbocycles. The van der Waals surface area contributed by atoms with Crippen LogP contribution in [0.15, 0.2) is 41.1 Å². The van der Waals surface area contributed by atoms with Crippen LogP contribution in [0, 0.1) is 6.92 Å². The standard InChI is InChI=1S/C15H10ClF3N4O2/c1-8-6-12(25-22-8)21-14(24)11-7-20-23(13(11)15(17,18)19)10-4-2-9(16)3-5-10/h2-7H,1H3,(H,21,24). The molecule has 0 aliphatic carbocycles. The highest BCUT2D eigenvalue weighted by molar-refractivity contribution is 6.30. The molecule has 1 N–H and O–H groups in total. The van der Waals surface area contributed by atoms with Crippen LogP contribution in [0.5, 0.6) is 0 Å². The van der Waals surface area contributed by atoms with Gasteiger partial charge in [-0.1, -0.05) is 16.8 Å². The van der Waals surface area contributed by atoms with Crippen molar-refractivity contribution in [1.29, 1.82) is 0 Å². The van der Waals surface area contributed by atoms with Crippen molar-refractivity contribution in [1.82, 2.24) is 14.9 Å². The SMILES string of the molecule is Cc1cc(NC(=O)c2cnn(-c3ccc(Cl)cc3)c2C(F)(F)F)on1. The van der Waals surface area contributed by atoms with Crippen molar-refractivity contribution in [2.45, 2.75) is 13.1 Å². The van der Waals surface area contributed by atoms with Gasteiger partial charge in [-0.25, -0.2) is 4.68 Å². The zero-order valence-electron chi connectivity index (χ0n) is 12.6. The second kappa shape index (κ2) is 6.25. The monoisotopic (exact) mass is 370 g/mol. The number of carbonyl (C=O) groups is 1. The highest BCUT2D eigenvalue weighted by atomic mass is 35.5. The Morgan fingerprint density at radius 3 is 2.52 bits per heavy atom. The van der Waals surface area contributed by atoms with Gasteiger partial charge >= 0.3 is 6.18 Å². The molecular weight excluding hydrogens is 361 g/mol. The second-order valence-corrected chi connectivity index (χ2v) is 5.52. The summed E-state index contributed by atoms with van der Waals surface area (Å²) in [5, 5.41) is 9.83. The summed E-state index contributed by atoms with van der Waals surface area (Å²) in [5.74, 6) is -1.07. The Hall–Kier alpha value is -2.81. The number of rotatable bonds is 3. The molecule has 6 nitrogen and oxygen atoms in total. The maximum atomic E-state index is 13.5. The smallest absolute Gasteiger partial charge is 0.338 e. The molecule has 3 rings (SSSR count). The predicted octanol–water partition coefficient (Wildman–Crippen LogP) is 4.09. The van der Waals surface area contributed by atoms with E-state index in [-0.39, 0.29) is 11.6 Å². The van der Waals surface area contributed by atoms with Crippen LogP contribution >= 0.6 is 11.6 Å². The van der Waals surface area contributed by atoms with Gasteiger partial charge in [0.1, 0.15) is 0 Å². The largest absolute Gasteiger partial charge is 0.434 e. The van der Waals surface area contributed by atoms with E-state index < -0.39 is 23.3 Å². The van der Waals surface area contributed by atoms with Crippen molar-refractivity contribution in [2.75, 3.05) is 5.32 Å². The first-order chi connectivity index (χ1) is 11.8. The van der Waals surface area contributed by atoms with E-state index in [1.807, 2.05) is 0 Å². The van der Waals surface area contributed by atoms with Gasteiger partial charge in [-0.3, -0.25) is 10.1 Å². The Bertz CT molecular complexity index is 916. The van der Waals surface area contributed by atoms with Gasteiger partial charge in [-0.05, 0) is 31.2 Å². The normalized spacial score (nSPS) is 11.6. The molecular formula is C15H10ClF3N4O2. The summed E-state index contributed by atoms with van der Waals surface area (Å²) in [6.45, 7) is 1.61. The van der Waals surface area contributed by atoms with E-state index in [4.69, 9.17) is 16.1 Å². The van der Waals surface area contributed by atoms with E-state index in [0.29, 0.717) is 15.4 Å². The van der Waals surface area contributed by atoms with Crippen molar-refractivity contribution in [2.24, 2.45) is 0 Å². The quantitative estimate of drug-likeness (QED) is 0.753. The average molecular weight is 371 g/mol. The second-order valence-electron chi connectivity index (χ2n) is 5.08. The first-order valence-electron chi connectivity index (χ1n) is 6.91. The van der Waals surface area contributed by atoms with E-state index in [9.17, 15) is 18.0 Å². The molecule has 0 saturated heterocycles. The third-order valence-corrected chi connectivity index (χ3v) is 3.47. The fraction of sp³-hybridized carbons (Fsp3) is 0.133. The highest BCUT2D eigenvalue weighted by Crippen LogP contribution is 2.34. The van der Waals surface area contributed by atoms with Gasteiger partial charge in [0.2, 0.25) is 5.88 Å². The highest BCUT2D eigenvalue weighted by Gasteiger charge is 2.40. The van der Waals surface area contributed by atoms with E-state index in [1.54, 1.807) is 6.92 Å². The van der Waals surface area contributed by atoms with E-state index in [1.165, 1.54) is 30.3 Å². The summed E-state index contributed by atoms with van der Waals surface area (Å²) in [5.41, 5.74) is -1.26. The maximum absolute atomic E-state index is 13.5. The van der Waals surface area contributed by atoms with Crippen molar-refractivity contribution < 1.29 is 22.5 Å². The number of anilines is 1. The lowest BCUT2D eigenvalue weighted by Gasteiger charge is -2.12. The van der Waals surface area contributed by atoms with Crippen molar-refractivity contribution in [3.63, 3.8) is 0 Å². The molecule has 0 unspecified atom stereocenters. The van der Waals surface area contributed by atoms with Crippen LogP contribution in [0.3, 0.4) is 0 Å². The van der Waals surface area contributed by atoms with Crippen LogP contribution in [0.4, 0.5) is 19.1 Å². The fourth-order valence-electron chi connectivity index (χ4n) is 2.17. The van der Waals surface area contributed by atoms with Gasteiger partial charge in [0.05, 0.1) is 23.1 Å². The lowest BCUT2D eigenvalue weighted by atomic mass is 10.2. The summed E-state index contributed by atoms with van der Waals surface area (Å²) >= 11 is 5.74. The minimum atomic E-state index is -4.81. The lowest BCUT2D eigenvalue weighted by molar-refractivity contribution is -0.143. The molecule has 25 heavy (non-hydrogen) atoms. The summed E-state index contributed by atoms with van der Waals surface area (Å²) in [4.78, 5) is 12.2. The zero-order chi connectivity index (χ0) is 18.2. The lowest BCUT2D eigenvalue weighted by Crippen LogP contribution is -2.20. The number of alkyl halides is 3. The number of hydrogen-bond acceptors (Lipinski definition) is 4. The van der Waals surface area contributed by atoms with E-state index >= 15 is 0 Å². The number of halogens is 4. The molecule has 0 spiro atoms. The zero-order valence-corrected chi connectivity index (χ0v) is 13.4. The molecule has 0 aliphatic rings. The van der Waals surface area contributed by atoms with Crippen LogP contribution in [0.1, 0.15) is 21.7 Å². The van der Waals surface area contributed by atoms with Gasteiger partial charge in [0, 0.05) is 11.1 Å². The van der Waals surface area contributed by atoms with Crippen LogP contribution < -0.4 is 5.32 Å². The maximum Gasteiger partial charge on any atom is 0.434 e. The van der Waals surface area contributed by atoms with Crippen LogP contribution in [0.2, 0.25) is 5.02 Å². The van der Waals surface area contributed by atoms with E-state index in [2.05, 4.69) is 15.6 Å². The Morgan fingerprint density at radius 1 is 1.28 bits per heavy atom. The fourth-order valence-corrected chi connectivity index (χ4v) is 2.29. The van der Waals surface area contributed by atoms with Crippen LogP contribution in [-0.4, -0.2) is 20.8 Å². The molecule has 3 aromatic rings. The van der Waals surface area contributed by atoms with Gasteiger partial charge < -0.3 is 4.52 Å². The molecule has 130 valence electrons. The van der Waals surface area contributed by atoms with Crippen molar-refractivity contribution in [3.8, 4) is 5.69 Å². The first kappa shape index (κ1) is 17.0. The molecule has 0 atom stereocenters. The van der Waals surface area contributed by atoms with E-state index in [0.717, 1.165) is 6.20 Å². The number of aryl methyl sites for hydroxylation is 1. The molecule has 0 bridgehead atoms. The third kappa shape index (κ3) is 3.50. The molecule has 2 aromatic heterocycles. The van der Waals surface area contributed by atoms with Gasteiger partial charge in [0.25, 0.3) is 5.91 Å². The topological polar surface area (TPSA) is 73.0 Å². The van der Waals surface area contributed by atoms with Crippen LogP contribution in [-0.2, 0) is 6.18 Å². The van der Waals surface area contributed by atoms with Crippen molar-refractivity contribution in [3.05, 3.63) is 58.5 Å². The summed E-state index contributed by atoms with van der Waals surface area (Å²) in [7, 11) is 0. The third-order valence-electron chi connectivity index (χ3n) is 3.22. The average Bonchev–Trinajstić information content (AvgIpc) is 3.14. The minimum absolute atomic E-state index is 0.0603. The molecule has 1 aromatic carbocycles. The number of nitrogens with one attached hydrogen (secondary N) is 1. The molecule has 10 heteroatoms. The predicted molar refractivity (Wildman–Crippen MR) is 82.8 cm³/mol. The summed E-state index contributed by atoms with van der Waals surface area (Å²) in [6, 6.07) is 6.97. The van der Waals surface area contributed by atoms with Gasteiger partial charge in [0.15, 0.2) is 5.69 Å². The Kier molecular flexibility index (Phi) is 4.25. The number of amides is 1. The number of carbonyl (C=O) groups excluding carboxylic acids is 1. The van der Waals surface area contributed by atoms with Gasteiger partial charge in [-0.2, -0.15) is 18.3 Å².